The topological polar surface area (TPSA) is 60.4 Å². The molecule has 29 heavy (non-hydrogen) atoms. The zero-order valence-electron chi connectivity index (χ0n) is 16.5. The second-order valence-corrected chi connectivity index (χ2v) is 9.97. The number of ether oxygens (including phenoxy) is 3. The molecule has 8 heteroatoms. The number of nitrogens with zero attached hydrogens (tertiary/aromatic N) is 2. The van der Waals surface area contributed by atoms with Gasteiger partial charge in [0.15, 0.2) is 0 Å². The summed E-state index contributed by atoms with van der Waals surface area (Å²) in [7, 11) is 3.44. The molecule has 6 nitrogen and oxygen atoms in total. The number of methoxy groups -OCH3 is 1. The van der Waals surface area contributed by atoms with Gasteiger partial charge in [-0.15, -0.1) is 0 Å². The molecule has 154 valence electrons. The summed E-state index contributed by atoms with van der Waals surface area (Å²) < 4.78 is 19.6. The summed E-state index contributed by atoms with van der Waals surface area (Å²) in [5, 5.41) is 0. The third-order valence-corrected chi connectivity index (χ3v) is 7.26. The van der Waals surface area contributed by atoms with Gasteiger partial charge in [0.1, 0.15) is 0 Å². The van der Waals surface area contributed by atoms with Crippen molar-refractivity contribution < 1.29 is 40.2 Å². The van der Waals surface area contributed by atoms with Crippen LogP contribution in [0.4, 0.5) is 0 Å². The van der Waals surface area contributed by atoms with Gasteiger partial charge in [-0.1, -0.05) is 0 Å². The van der Waals surface area contributed by atoms with Gasteiger partial charge in [0, 0.05) is 0 Å². The number of rotatable bonds is 6. The van der Waals surface area contributed by atoms with E-state index >= 15 is 0 Å². The summed E-state index contributed by atoms with van der Waals surface area (Å²) >= 11 is 1.59. The Kier molecular flexibility index (Phi) is 7.38. The molecule has 0 N–H and O–H groups in total. The van der Waals surface area contributed by atoms with Gasteiger partial charge in [0.2, 0.25) is 0 Å². The van der Waals surface area contributed by atoms with Gasteiger partial charge in [0.25, 0.3) is 0 Å². The summed E-state index contributed by atoms with van der Waals surface area (Å²) in [4.78, 5) is 17.6. The first-order chi connectivity index (χ1) is 13.9. The van der Waals surface area contributed by atoms with Gasteiger partial charge in [-0.3, -0.25) is 0 Å². The van der Waals surface area contributed by atoms with Crippen LogP contribution in [0.25, 0.3) is 0 Å². The van der Waals surface area contributed by atoms with E-state index in [1.807, 2.05) is 49.4 Å². The van der Waals surface area contributed by atoms with Crippen LogP contribution in [-0.4, -0.2) is 28.9 Å². The Bertz CT molecular complexity index is 958. The van der Waals surface area contributed by atoms with Gasteiger partial charge in [-0.05, 0) is 0 Å². The second-order valence-electron chi connectivity index (χ2n) is 6.29. The van der Waals surface area contributed by atoms with Crippen molar-refractivity contribution in [3.05, 3.63) is 61.6 Å². The fourth-order valence-electron chi connectivity index (χ4n) is 2.53. The Morgan fingerprint density at radius 3 is 2.45 bits per heavy atom. The molecular weight excluding hydrogens is 598 g/mol. The Hall–Kier alpha value is -1.82. The van der Waals surface area contributed by atoms with E-state index in [2.05, 4.69) is 27.6 Å². The average Bonchev–Trinajstić information content (AvgIpc) is 3.15. The van der Waals surface area contributed by atoms with Crippen molar-refractivity contribution in [1.82, 2.24) is 4.90 Å². The van der Waals surface area contributed by atoms with Crippen LogP contribution in [0.3, 0.4) is 0 Å². The first-order valence-corrected chi connectivity index (χ1v) is 12.1. The minimum atomic E-state index is -0.627. The van der Waals surface area contributed by atoms with Crippen molar-refractivity contribution in [2.75, 3.05) is 14.2 Å². The Labute approximate surface area is 194 Å². The van der Waals surface area contributed by atoms with Crippen LogP contribution in [-0.2, 0) is 4.79 Å². The number of hydrogen-bond donors (Lipinski definition) is 0. The van der Waals surface area contributed by atoms with Crippen LogP contribution < -0.4 is 35.4 Å². The van der Waals surface area contributed by atoms with Gasteiger partial charge in [0.05, 0.1) is 0 Å². The second kappa shape index (κ2) is 9.79. The predicted octanol–water partition coefficient (Wildman–Crippen LogP) is 1.55. The first kappa shape index (κ1) is 21.9. The molecule has 0 radical (unpaired) electrons. The average molecular weight is 619 g/mol. The van der Waals surface area contributed by atoms with E-state index in [0.29, 0.717) is 3.90 Å². The van der Waals surface area contributed by atoms with E-state index in [4.69, 9.17) is 14.2 Å². The molecule has 0 saturated carbocycles. The third-order valence-electron chi connectivity index (χ3n) is 4.43. The van der Waals surface area contributed by atoms with Crippen LogP contribution in [0.15, 0.2) is 57.4 Å². The van der Waals surface area contributed by atoms with E-state index in [1.54, 1.807) is 32.2 Å². The van der Waals surface area contributed by atoms with E-state index in [0.717, 1.165) is 30.1 Å². The molecule has 2 aromatic carbocycles. The molecule has 0 bridgehead atoms. The molecule has 1 aliphatic heterocycles. The molecule has 1 heterocycles. The number of halogens is 2. The fraction of sp³-hybridized carbons (Fsp3) is 0.238. The molecule has 1 unspecified atom stereocenters. The van der Waals surface area contributed by atoms with Gasteiger partial charge in [-0.2, -0.15) is 0 Å². The van der Waals surface area contributed by atoms with Crippen LogP contribution in [0, 0.1) is 3.57 Å². The Morgan fingerprint density at radius 1 is 1.14 bits per heavy atom. The van der Waals surface area contributed by atoms with Crippen LogP contribution in [0.5, 0.6) is 17.2 Å². The number of aliphatic imine (C=N–C) groups is 1. The molecule has 1 amide bonds. The van der Waals surface area contributed by atoms with Crippen molar-refractivity contribution >= 4 is 32.4 Å². The zero-order valence-corrected chi connectivity index (χ0v) is 20.8. The number of carbonyl (C=O) groups excluding carboxylic acids is 1. The number of amides is 1. The van der Waals surface area contributed by atoms with E-state index in [1.165, 1.54) is 0 Å². The first-order valence-electron chi connectivity index (χ1n) is 8.82. The van der Waals surface area contributed by atoms with Crippen molar-refractivity contribution in [1.29, 1.82) is 0 Å². The van der Waals surface area contributed by atoms with E-state index in [-0.39, 0.29) is 11.9 Å². The van der Waals surface area contributed by atoms with Gasteiger partial charge < -0.3 is 0 Å². The summed E-state index contributed by atoms with van der Waals surface area (Å²) in [6, 6.07) is 13.4. The molecule has 0 spiro atoms. The molecule has 0 saturated heterocycles. The molecule has 0 fully saturated rings. The van der Waals surface area contributed by atoms with E-state index in [9.17, 15) is 4.79 Å². The minimum absolute atomic E-state index is 0.00924. The summed E-state index contributed by atoms with van der Waals surface area (Å²) in [5.41, 5.74) is 1.06. The Balaban J connectivity index is 1.56. The summed E-state index contributed by atoms with van der Waals surface area (Å²) in [6.45, 7) is 3.57. The molecule has 2 aromatic rings. The molecule has 0 aliphatic carbocycles. The molecule has 0 aromatic heterocycles. The van der Waals surface area contributed by atoms with Crippen molar-refractivity contribution in [2.45, 2.75) is 19.9 Å². The molecular formula is C21H21I2N2O4-. The zero-order chi connectivity index (χ0) is 21.0. The fourth-order valence-corrected chi connectivity index (χ4v) is 4.85. The Morgan fingerprint density at radius 2 is 1.83 bits per heavy atom. The van der Waals surface area contributed by atoms with E-state index < -0.39 is 21.2 Å². The maximum absolute atomic E-state index is 11.5. The summed E-state index contributed by atoms with van der Waals surface area (Å²) in [6.07, 6.45) is 1.72. The quantitative estimate of drug-likeness (QED) is 0.461. The molecule has 1 aliphatic rings. The van der Waals surface area contributed by atoms with Crippen LogP contribution >= 0.6 is 22.6 Å². The molecule has 3 rings (SSSR count). The van der Waals surface area contributed by atoms with Crippen molar-refractivity contribution in [3.63, 3.8) is 0 Å². The van der Waals surface area contributed by atoms with Crippen molar-refractivity contribution in [2.24, 2.45) is 4.99 Å². The predicted molar refractivity (Wildman–Crippen MR) is 116 cm³/mol. The molecule has 1 atom stereocenters. The monoisotopic (exact) mass is 619 g/mol. The van der Waals surface area contributed by atoms with Crippen LogP contribution in [0.1, 0.15) is 25.5 Å². The van der Waals surface area contributed by atoms with Gasteiger partial charge in [-0.25, -0.2) is 0 Å². The third kappa shape index (κ3) is 5.62. The number of hydrogen-bond acceptors (Lipinski definition) is 5. The van der Waals surface area contributed by atoms with Gasteiger partial charge >= 0.3 is 195 Å². The number of benzene rings is 2. The summed E-state index contributed by atoms with van der Waals surface area (Å²) in [5.74, 6) is 2.33. The normalized spacial score (nSPS) is 14.2. The SMILES string of the molecule is COc1ccc(OC2=NC=C(Oc3ccc(C(C)N(C)C(C)=O)cc3)[I-]2)c(I)c1. The van der Waals surface area contributed by atoms with Crippen molar-refractivity contribution in [3.8, 4) is 17.2 Å². The van der Waals surface area contributed by atoms with Crippen LogP contribution in [0.2, 0.25) is 0 Å². The maximum atomic E-state index is 11.5. The number of carbonyl (C=O) groups is 1. The standard InChI is InChI=1S/C21H21I2N2O4/c1-13(25(3)14(2)26)15-5-7-16(8-6-15)28-20-12-24-21(23-20)29-19-10-9-17(27-4)11-18(19)22/h5-13H,1-4H3/q-1.